The van der Waals surface area contributed by atoms with Crippen molar-refractivity contribution in [2.24, 2.45) is 0 Å². The van der Waals surface area contributed by atoms with E-state index in [4.69, 9.17) is 80.2 Å². The molecule has 8 rings (SSSR count). The molecule has 0 amide bonds. The Kier molecular flexibility index (Phi) is 128. The number of aliphatic hydroxyl groups excluding tert-OH is 12. The monoisotopic (exact) mass is 2190 g/mol. The fourth-order valence-electron chi connectivity index (χ4n) is 13.3. The van der Waals surface area contributed by atoms with Crippen LogP contribution in [0.2, 0.25) is 0 Å². The molecule has 2 fully saturated rings. The van der Waals surface area contributed by atoms with Gasteiger partial charge in [0.05, 0.1) is 66.1 Å². The Morgan fingerprint density at radius 2 is 0.410 bits per heavy atom. The first-order chi connectivity index (χ1) is 65.7. The Bertz CT molecular complexity index is 3210. The fraction of sp³-hybridized carbons (Fsp3) is 0.679. The van der Waals surface area contributed by atoms with E-state index in [2.05, 4.69) is 138 Å². The predicted molar refractivity (Wildman–Crippen MR) is 579 cm³/mol. The number of phenolic OH excluding ortho intramolecular Hbond substituents is 6. The number of phenols is 6. The average Bonchev–Trinajstić information content (AvgIpc) is 1.00. The number of nitrogens with zero attached hydrogens (tertiary/aromatic N) is 4. The number of para-hydroxylation sites is 4. The van der Waals surface area contributed by atoms with Crippen LogP contribution in [0.15, 0.2) is 97.1 Å². The molecule has 0 spiro atoms. The summed E-state index contributed by atoms with van der Waals surface area (Å²) >= 11 is 0. The summed E-state index contributed by atoms with van der Waals surface area (Å²) < 4.78 is 20.2. The second-order valence-electron chi connectivity index (χ2n) is 36.3. The Morgan fingerprint density at radius 3 is 0.535 bits per heavy atom. The third-order valence-corrected chi connectivity index (χ3v) is 20.9. The van der Waals surface area contributed by atoms with E-state index >= 15 is 0 Å². The number of rotatable bonds is 42. The average molecular weight is 2190 g/mol. The molecule has 28 nitrogen and oxygen atoms in total. The van der Waals surface area contributed by atoms with Crippen molar-refractivity contribution in [3.8, 4) is 34.5 Å². The summed E-state index contributed by atoms with van der Waals surface area (Å²) in [5.74, 6) is 5.62. The van der Waals surface area contributed by atoms with Gasteiger partial charge >= 0.3 is 0 Å². The number of aliphatic hydroxyl groups is 12. The molecule has 0 atom stereocenters. The molecule has 2 saturated heterocycles. The van der Waals surface area contributed by atoms with Gasteiger partial charge in [-0.25, -0.2) is 0 Å². The summed E-state index contributed by atoms with van der Waals surface area (Å²) in [6.45, 7) is 68.7. The largest absolute Gasteiger partial charge is 0.507 e. The minimum absolute atomic E-state index is 0. The first-order valence-electron chi connectivity index (χ1n) is 51.0. The van der Waals surface area contributed by atoms with E-state index in [-0.39, 0.29) is 164 Å². The van der Waals surface area contributed by atoms with Crippen LogP contribution >= 0.6 is 0 Å². The van der Waals surface area contributed by atoms with Crippen molar-refractivity contribution in [3.05, 3.63) is 175 Å². The zero-order chi connectivity index (χ0) is 106. The summed E-state index contributed by atoms with van der Waals surface area (Å²) in [5.41, 5.74) is 14.0. The van der Waals surface area contributed by atoms with Gasteiger partial charge in [0.25, 0.3) is 0 Å². The second-order valence-corrected chi connectivity index (χ2v) is 36.3. The molecule has 0 saturated carbocycles. The molecule has 0 bridgehead atoms. The molecule has 22 N–H and O–H groups in total. The second kappa shape index (κ2) is 112. The van der Waals surface area contributed by atoms with Crippen LogP contribution in [-0.2, 0) is 119 Å². The molecule has 2 aliphatic heterocycles. The Hall–Kier alpha value is -3.90. The molecule has 32 heteroatoms. The number of hydrogen-bond acceptors (Lipinski definition) is 26. The summed E-state index contributed by atoms with van der Waals surface area (Å²) in [5, 5.41) is 162. The van der Waals surface area contributed by atoms with E-state index in [0.717, 1.165) is 169 Å². The normalized spacial score (nSPS) is 11.2. The van der Waals surface area contributed by atoms with E-state index in [9.17, 15) is 30.6 Å². The van der Waals surface area contributed by atoms with Gasteiger partial charge in [-0.15, -0.1) is 0 Å². The number of aryl methyl sites for hydroxylation is 4. The molecule has 6 aromatic rings. The number of hydrogen-bond donors (Lipinski definition) is 18. The van der Waals surface area contributed by atoms with Crippen molar-refractivity contribution in [1.29, 1.82) is 0 Å². The Balaban J connectivity index is -0.000000132. The zero-order valence-corrected chi connectivity index (χ0v) is 100. The van der Waals surface area contributed by atoms with E-state index in [1.54, 1.807) is 9.80 Å². The number of aromatic hydroxyl groups is 6. The summed E-state index contributed by atoms with van der Waals surface area (Å²) in [4.78, 5) is 7.40. The number of benzene rings is 6. The third kappa shape index (κ3) is 85.6. The fourth-order valence-corrected chi connectivity index (χ4v) is 13.3. The maximum atomic E-state index is 9.96. The van der Waals surface area contributed by atoms with Crippen molar-refractivity contribution >= 4 is 0 Å². The van der Waals surface area contributed by atoms with E-state index < -0.39 is 0 Å². The molecule has 6 aromatic carbocycles. The van der Waals surface area contributed by atoms with Crippen LogP contribution in [-0.4, -0.2) is 320 Å². The summed E-state index contributed by atoms with van der Waals surface area (Å²) in [7, 11) is 0. The van der Waals surface area contributed by atoms with Gasteiger partial charge in [-0.2, -0.15) is 0 Å². The van der Waals surface area contributed by atoms with Crippen LogP contribution in [0.25, 0.3) is 0 Å². The first-order valence-corrected chi connectivity index (χ1v) is 51.0. The van der Waals surface area contributed by atoms with Crippen LogP contribution in [0, 0.1) is 27.7 Å². The topological polar surface area (TPSA) is 477 Å². The maximum Gasteiger partial charge on any atom is 0.122 e. The van der Waals surface area contributed by atoms with E-state index in [0.29, 0.717) is 174 Å². The molecular weight excluding hydrogens is 1980 g/mol. The van der Waals surface area contributed by atoms with E-state index in [1.165, 1.54) is 25.7 Å². The van der Waals surface area contributed by atoms with Gasteiger partial charge < -0.3 is 122 Å². The molecule has 2 heterocycles. The van der Waals surface area contributed by atoms with Crippen LogP contribution in [0.1, 0.15) is 342 Å². The maximum absolute atomic E-state index is 9.96. The minimum atomic E-state index is 0. The third-order valence-electron chi connectivity index (χ3n) is 20.9. The standard InChI is InChI=1S/2C13H21NO3.4C12H18O.2C6H15NO3.2C6H14O.2C4H8O.2C3H8O.2H2O.4Ti/c2*1-10-7-11(2)13(17)12(8-10)9-14(3-5-15)4-6-16;4*1-8(2)10-6-5-7-11(9(3)4)12(10)13;2*8-4-1-7(2-5-9)3-6-10;2*1-3-5-7-6-4-2;2*1-2-4-5-3-1;2*1-2-3-4;;;;;;/h2*7-8,15-17H,3-6,9H2,1-2H3;4*5-9,13H,1-4H3;2*8-10H,1-6H2;2*3-6H2,1-2H3;2*1-4H2;2*4H,2-3H2,1H3;2*1H2;;;;. The summed E-state index contributed by atoms with van der Waals surface area (Å²) in [6, 6.07) is 31.7. The van der Waals surface area contributed by atoms with Crippen molar-refractivity contribution in [2.75, 3.05) is 198 Å². The van der Waals surface area contributed by atoms with Crippen LogP contribution in [0.4, 0.5) is 0 Å². The molecule has 0 radical (unpaired) electrons. The van der Waals surface area contributed by atoms with Crippen molar-refractivity contribution in [1.82, 2.24) is 19.6 Å². The Morgan fingerprint density at radius 1 is 0.250 bits per heavy atom. The first kappa shape index (κ1) is 165. The van der Waals surface area contributed by atoms with Crippen molar-refractivity contribution < 1.29 is 209 Å². The van der Waals surface area contributed by atoms with Gasteiger partial charge in [-0.05, 0) is 195 Å². The minimum Gasteiger partial charge on any atom is -0.507 e. The van der Waals surface area contributed by atoms with Gasteiger partial charge in [0.1, 0.15) is 34.5 Å². The van der Waals surface area contributed by atoms with Gasteiger partial charge in [-0.1, -0.05) is 261 Å². The number of ether oxygens (including phenoxy) is 4. The molecule has 0 unspecified atom stereocenters. The molecular formula is C112H208N4O24Ti4. The molecule has 2 aliphatic rings. The zero-order valence-electron chi connectivity index (χ0n) is 94.0. The van der Waals surface area contributed by atoms with Gasteiger partial charge in [0.2, 0.25) is 0 Å². The Labute approximate surface area is 932 Å². The van der Waals surface area contributed by atoms with Crippen molar-refractivity contribution in [3.63, 3.8) is 0 Å². The van der Waals surface area contributed by atoms with Crippen LogP contribution in [0.5, 0.6) is 34.5 Å². The smallest absolute Gasteiger partial charge is 0.122 e. The SMILES string of the molecule is C1CCOC1.C1CCOC1.CC(C)c1cccc(C(C)C)c1O.CC(C)c1cccc(C(C)C)c1O.CC(C)c1cccc(C(C)C)c1O.CC(C)c1cccc(C(C)C)c1O.CCCO.CCCO.CCCOCCC.CCCOCCC.Cc1cc(C)c(O)c(CN(CCO)CCO)c1.Cc1cc(C)c(O)c(CN(CCO)CCO)c1.O.O.OCCN(CCO)CCO.OCCN(CCO)CCO.[Ti].[Ti].[Ti].[Ti]. The molecule has 144 heavy (non-hydrogen) atoms. The molecule has 0 aliphatic carbocycles. The predicted octanol–water partition coefficient (Wildman–Crippen LogP) is 17.0. The van der Waals surface area contributed by atoms with Crippen LogP contribution in [0.3, 0.4) is 0 Å². The summed E-state index contributed by atoms with van der Waals surface area (Å²) in [6.07, 6.45) is 11.4. The van der Waals surface area contributed by atoms with E-state index in [1.807, 2.05) is 148 Å². The van der Waals surface area contributed by atoms with Crippen LogP contribution < -0.4 is 0 Å². The molecule has 836 valence electrons. The quantitative estimate of drug-likeness (QED) is 0.0125. The van der Waals surface area contributed by atoms with Gasteiger partial charge in [0.15, 0.2) is 0 Å². The van der Waals surface area contributed by atoms with Gasteiger partial charge in [-0.3, -0.25) is 19.6 Å². The van der Waals surface area contributed by atoms with Gasteiger partial charge in [0, 0.05) is 243 Å². The molecule has 0 aromatic heterocycles. The van der Waals surface area contributed by atoms with Crippen molar-refractivity contribution in [2.45, 2.75) is 305 Å².